The summed E-state index contributed by atoms with van der Waals surface area (Å²) in [6, 6.07) is 0. The Labute approximate surface area is 60.6 Å². The zero-order valence-electron chi connectivity index (χ0n) is 6.57. The molecule has 0 aromatic rings. The van der Waals surface area contributed by atoms with Crippen molar-refractivity contribution in [2.24, 2.45) is 5.92 Å². The molecule has 0 atom stereocenters. The molecule has 0 bridgehead atoms. The van der Waals surface area contributed by atoms with Gasteiger partial charge in [0.1, 0.15) is 0 Å². The van der Waals surface area contributed by atoms with E-state index in [2.05, 4.69) is 27.7 Å². The Morgan fingerprint density at radius 2 is 1.62 bits per heavy atom. The fourth-order valence-electron chi connectivity index (χ4n) is 0.667. The molecule has 0 N–H and O–H groups in total. The molecule has 0 amide bonds. The summed E-state index contributed by atoms with van der Waals surface area (Å²) >= 11 is -0.0822. The minimum atomic E-state index is -0.0822. The first kappa shape index (κ1) is 8.62. The second kappa shape index (κ2) is 4.50. The average Bonchev–Trinajstić information content (AvgIpc) is 1.61. The Morgan fingerprint density at radius 3 is 1.75 bits per heavy atom. The third-order valence-electron chi connectivity index (χ3n) is 1.32. The van der Waals surface area contributed by atoms with Crippen molar-refractivity contribution in [2.45, 2.75) is 37.2 Å². The van der Waals surface area contributed by atoms with E-state index in [1.807, 2.05) is 0 Å². The van der Waals surface area contributed by atoms with Gasteiger partial charge >= 0.3 is 60.3 Å². The Hall–Kier alpha value is 0.623. The van der Waals surface area contributed by atoms with E-state index in [1.165, 1.54) is 0 Å². The number of hydrogen-bond donors (Lipinski definition) is 0. The van der Waals surface area contributed by atoms with Crippen molar-refractivity contribution in [3.63, 3.8) is 0 Å². The molecule has 0 aliphatic heterocycles. The summed E-state index contributed by atoms with van der Waals surface area (Å²) < 4.78 is 1.07. The van der Waals surface area contributed by atoms with Gasteiger partial charge in [-0.1, -0.05) is 0 Å². The van der Waals surface area contributed by atoms with Gasteiger partial charge in [0, 0.05) is 0 Å². The van der Waals surface area contributed by atoms with Gasteiger partial charge in [-0.3, -0.25) is 0 Å². The van der Waals surface area contributed by atoms with Crippen LogP contribution in [0.25, 0.3) is 0 Å². The van der Waals surface area contributed by atoms with Crippen LogP contribution in [0.4, 0.5) is 0 Å². The quantitative estimate of drug-likeness (QED) is 0.564. The van der Waals surface area contributed by atoms with Gasteiger partial charge in [0.25, 0.3) is 0 Å². The van der Waals surface area contributed by atoms with Crippen LogP contribution < -0.4 is 0 Å². The Morgan fingerprint density at radius 1 is 1.12 bits per heavy atom. The van der Waals surface area contributed by atoms with Crippen molar-refractivity contribution in [1.29, 1.82) is 0 Å². The summed E-state index contributed by atoms with van der Waals surface area (Å²) in [6.45, 7) is 9.38. The van der Waals surface area contributed by atoms with Gasteiger partial charge in [-0.25, -0.2) is 0 Å². The number of rotatable bonds is 3. The normalized spacial score (nSPS) is 10.2. The Kier molecular flexibility index (Phi) is 4.85. The van der Waals surface area contributed by atoms with E-state index in [9.17, 15) is 0 Å². The Balaban J connectivity index is 2.93. The molecule has 0 fully saturated rings. The standard InChI is InChI=1S/C4H9.C3H7.Zn/c1-4(2)3;1-3-2;/h4H,1H2,2-3H3;3H,1-2H3;. The maximum absolute atomic E-state index is 2.36. The maximum atomic E-state index is 2.36. The van der Waals surface area contributed by atoms with Crippen molar-refractivity contribution < 1.29 is 17.1 Å². The van der Waals surface area contributed by atoms with Gasteiger partial charge in [0.15, 0.2) is 0 Å². The fourth-order valence-corrected chi connectivity index (χ4v) is 3.46. The van der Waals surface area contributed by atoms with Crippen molar-refractivity contribution in [2.75, 3.05) is 0 Å². The second-order valence-electron chi connectivity index (χ2n) is 3.37. The molecular weight excluding hydrogens is 149 g/mol. The molecule has 0 heterocycles. The molecule has 46 valence electrons. The van der Waals surface area contributed by atoms with Crippen LogP contribution in [0.3, 0.4) is 0 Å². The van der Waals surface area contributed by atoms with Crippen LogP contribution in [0.5, 0.6) is 0 Å². The zero-order valence-corrected chi connectivity index (χ0v) is 9.54. The van der Waals surface area contributed by atoms with E-state index in [1.54, 1.807) is 5.02 Å². The predicted octanol–water partition coefficient (Wildman–Crippen LogP) is 2.97. The summed E-state index contributed by atoms with van der Waals surface area (Å²) in [5.74, 6) is 0.970. The van der Waals surface area contributed by atoms with E-state index in [0.717, 1.165) is 10.4 Å². The molecule has 0 aliphatic rings. The first-order chi connectivity index (χ1) is 3.63. The van der Waals surface area contributed by atoms with E-state index in [4.69, 9.17) is 0 Å². The topological polar surface area (TPSA) is 0 Å². The van der Waals surface area contributed by atoms with Crippen LogP contribution in [-0.4, -0.2) is 0 Å². The van der Waals surface area contributed by atoms with Crippen LogP contribution in [-0.2, 0) is 17.1 Å². The van der Waals surface area contributed by atoms with Crippen molar-refractivity contribution in [3.8, 4) is 0 Å². The monoisotopic (exact) mass is 164 g/mol. The van der Waals surface area contributed by atoms with E-state index in [-0.39, 0.29) is 17.1 Å². The molecule has 0 rings (SSSR count). The van der Waals surface area contributed by atoms with Crippen LogP contribution in [0.1, 0.15) is 27.7 Å². The molecule has 0 radical (unpaired) electrons. The first-order valence-corrected chi connectivity index (χ1v) is 7.44. The van der Waals surface area contributed by atoms with Gasteiger partial charge < -0.3 is 0 Å². The van der Waals surface area contributed by atoms with Gasteiger partial charge in [0.2, 0.25) is 0 Å². The van der Waals surface area contributed by atoms with Crippen LogP contribution in [0, 0.1) is 5.92 Å². The van der Waals surface area contributed by atoms with Crippen molar-refractivity contribution in [3.05, 3.63) is 0 Å². The average molecular weight is 166 g/mol. The summed E-state index contributed by atoms with van der Waals surface area (Å²) in [5.41, 5.74) is 0. The van der Waals surface area contributed by atoms with Gasteiger partial charge in [-0.05, 0) is 0 Å². The molecule has 0 nitrogen and oxygen atoms in total. The van der Waals surface area contributed by atoms with Crippen LogP contribution in [0.15, 0.2) is 0 Å². The summed E-state index contributed by atoms with van der Waals surface area (Å²) in [7, 11) is 0. The molecule has 0 aliphatic carbocycles. The van der Waals surface area contributed by atoms with Crippen LogP contribution in [0.2, 0.25) is 9.53 Å². The van der Waals surface area contributed by atoms with Gasteiger partial charge in [0.05, 0.1) is 0 Å². The first-order valence-electron chi connectivity index (χ1n) is 3.63. The molecule has 0 unspecified atom stereocenters. The van der Waals surface area contributed by atoms with Crippen molar-refractivity contribution in [1.82, 2.24) is 0 Å². The van der Waals surface area contributed by atoms with E-state index in [0.29, 0.717) is 0 Å². The second-order valence-corrected chi connectivity index (χ2v) is 9.21. The zero-order chi connectivity index (χ0) is 6.57. The minimum absolute atomic E-state index is 0.0822. The molecule has 0 saturated carbocycles. The van der Waals surface area contributed by atoms with Crippen molar-refractivity contribution >= 4 is 0 Å². The molecule has 0 aromatic carbocycles. The van der Waals surface area contributed by atoms with E-state index < -0.39 is 0 Å². The molecule has 0 aromatic heterocycles. The summed E-state index contributed by atoms with van der Waals surface area (Å²) in [4.78, 5) is 0. The molecule has 0 spiro atoms. The summed E-state index contributed by atoms with van der Waals surface area (Å²) in [6.07, 6.45) is 0. The third kappa shape index (κ3) is 6.62. The number of hydrogen-bond acceptors (Lipinski definition) is 0. The predicted molar refractivity (Wildman–Crippen MR) is 34.7 cm³/mol. The van der Waals surface area contributed by atoms with E-state index >= 15 is 0 Å². The molecular formula is C7H16Zn. The summed E-state index contributed by atoms with van der Waals surface area (Å²) in [5, 5.41) is 1.57. The third-order valence-corrected chi connectivity index (χ3v) is 6.87. The fraction of sp³-hybridized carbons (Fsp3) is 1.00. The van der Waals surface area contributed by atoms with Gasteiger partial charge in [-0.15, -0.1) is 0 Å². The molecule has 1 heteroatoms. The van der Waals surface area contributed by atoms with Crippen LogP contribution >= 0.6 is 0 Å². The van der Waals surface area contributed by atoms with Gasteiger partial charge in [-0.2, -0.15) is 0 Å². The molecule has 8 heavy (non-hydrogen) atoms. The SMILES string of the molecule is CC(C)[CH2][Zn][CH](C)C. The molecule has 0 saturated heterocycles. The Bertz CT molecular complexity index is 40.3.